The minimum atomic E-state index is -3.80. The van der Waals surface area contributed by atoms with Crippen LogP contribution in [-0.2, 0) is 27.8 Å². The van der Waals surface area contributed by atoms with Gasteiger partial charge in [-0.2, -0.15) is 4.31 Å². The van der Waals surface area contributed by atoms with Gasteiger partial charge in [-0.05, 0) is 24.3 Å². The molecule has 13 heteroatoms. The van der Waals surface area contributed by atoms with Crippen LogP contribution >= 0.6 is 11.3 Å². The fourth-order valence-corrected chi connectivity index (χ4v) is 6.78. The molecule has 0 saturated carbocycles. The quantitative estimate of drug-likeness (QED) is 0.437. The number of aromatic nitrogens is 4. The number of morpholine rings is 1. The number of fused-ring (bicyclic) bond motifs is 3. The van der Waals surface area contributed by atoms with Crippen molar-refractivity contribution in [3.8, 4) is 21.8 Å². The van der Waals surface area contributed by atoms with Gasteiger partial charge in [-0.3, -0.25) is 0 Å². The van der Waals surface area contributed by atoms with Crippen LogP contribution in [0.15, 0.2) is 41.6 Å². The van der Waals surface area contributed by atoms with Gasteiger partial charge < -0.3 is 15.4 Å². The van der Waals surface area contributed by atoms with Crippen molar-refractivity contribution >= 4 is 32.4 Å². The van der Waals surface area contributed by atoms with Crippen LogP contribution in [0.25, 0.3) is 21.8 Å². The number of hydrogen-bond acceptors (Lipinski definition) is 10. The van der Waals surface area contributed by atoms with Crippen molar-refractivity contribution in [3.05, 3.63) is 53.7 Å². The molecule has 1 fully saturated rings. The molecule has 0 amide bonds. The van der Waals surface area contributed by atoms with Crippen LogP contribution in [0.4, 0.5) is 15.5 Å². The average molecular weight is 514 g/mol. The molecule has 0 bridgehead atoms. The van der Waals surface area contributed by atoms with Gasteiger partial charge in [-0.25, -0.2) is 32.7 Å². The van der Waals surface area contributed by atoms with Crippen molar-refractivity contribution in [2.24, 2.45) is 0 Å². The maximum absolute atomic E-state index is 13.3. The van der Waals surface area contributed by atoms with E-state index >= 15 is 0 Å². The molecule has 0 radical (unpaired) electrons. The zero-order valence-corrected chi connectivity index (χ0v) is 20.0. The second-order valence-corrected chi connectivity index (χ2v) is 11.1. The van der Waals surface area contributed by atoms with Gasteiger partial charge in [0.05, 0.1) is 35.2 Å². The van der Waals surface area contributed by atoms with Gasteiger partial charge in [-0.15, -0.1) is 0 Å². The van der Waals surface area contributed by atoms with Crippen LogP contribution in [0.5, 0.6) is 0 Å². The highest BCUT2D eigenvalue weighted by molar-refractivity contribution is 7.89. The summed E-state index contributed by atoms with van der Waals surface area (Å²) in [5, 5.41) is 0.794. The predicted octanol–water partition coefficient (Wildman–Crippen LogP) is 2.36. The van der Waals surface area contributed by atoms with Crippen LogP contribution in [0.1, 0.15) is 11.3 Å². The number of anilines is 2. The molecule has 0 unspecified atom stereocenters. The first kappa shape index (κ1) is 22.2. The van der Waals surface area contributed by atoms with Gasteiger partial charge in [0.15, 0.2) is 5.13 Å². The molecule has 35 heavy (non-hydrogen) atoms. The fourth-order valence-electron chi connectivity index (χ4n) is 4.23. The van der Waals surface area contributed by atoms with Crippen molar-refractivity contribution in [1.29, 1.82) is 0 Å². The van der Waals surface area contributed by atoms with Crippen molar-refractivity contribution in [2.75, 3.05) is 36.9 Å². The maximum Gasteiger partial charge on any atom is 0.243 e. The van der Waals surface area contributed by atoms with E-state index in [1.54, 1.807) is 12.4 Å². The number of benzene rings is 1. The Morgan fingerprint density at radius 3 is 2.43 bits per heavy atom. The van der Waals surface area contributed by atoms with Crippen molar-refractivity contribution in [2.45, 2.75) is 18.0 Å². The minimum Gasteiger partial charge on any atom is -0.378 e. The number of sulfonamides is 1. The molecular formula is C22H20FN7O3S2. The Morgan fingerprint density at radius 2 is 1.71 bits per heavy atom. The first-order valence-electron chi connectivity index (χ1n) is 10.9. The van der Waals surface area contributed by atoms with Gasteiger partial charge >= 0.3 is 0 Å². The van der Waals surface area contributed by atoms with Gasteiger partial charge in [0.25, 0.3) is 0 Å². The molecule has 5 heterocycles. The molecular weight excluding hydrogens is 493 g/mol. The second kappa shape index (κ2) is 8.45. The predicted molar refractivity (Wildman–Crippen MR) is 128 cm³/mol. The largest absolute Gasteiger partial charge is 0.378 e. The average Bonchev–Trinajstić information content (AvgIpc) is 3.44. The molecule has 2 N–H and O–H groups in total. The summed E-state index contributed by atoms with van der Waals surface area (Å²) in [5.74, 6) is -0.323. The number of nitrogens with two attached hydrogens (primary N) is 1. The Balaban J connectivity index is 1.43. The third-order valence-corrected chi connectivity index (χ3v) is 9.03. The van der Waals surface area contributed by atoms with E-state index in [1.807, 2.05) is 0 Å². The first-order valence-corrected chi connectivity index (χ1v) is 13.1. The van der Waals surface area contributed by atoms with Crippen molar-refractivity contribution in [1.82, 2.24) is 24.2 Å². The molecule has 0 spiro atoms. The Bertz CT molecular complexity index is 1470. The number of rotatable bonds is 4. The molecule has 0 aliphatic carbocycles. The summed E-state index contributed by atoms with van der Waals surface area (Å²) in [6.07, 6.45) is 3.23. The molecule has 0 atom stereocenters. The van der Waals surface area contributed by atoms with E-state index in [-0.39, 0.29) is 23.9 Å². The van der Waals surface area contributed by atoms with Crippen LogP contribution < -0.4 is 10.6 Å². The first-order chi connectivity index (χ1) is 16.9. The van der Waals surface area contributed by atoms with Gasteiger partial charge in [-0.1, -0.05) is 11.3 Å². The van der Waals surface area contributed by atoms with E-state index < -0.39 is 15.8 Å². The van der Waals surface area contributed by atoms with E-state index in [2.05, 4.69) is 14.9 Å². The van der Waals surface area contributed by atoms with E-state index in [1.165, 1.54) is 27.8 Å². The lowest BCUT2D eigenvalue weighted by Crippen LogP contribution is -2.36. The van der Waals surface area contributed by atoms with E-state index in [9.17, 15) is 12.8 Å². The summed E-state index contributed by atoms with van der Waals surface area (Å²) in [6, 6.07) is 4.85. The summed E-state index contributed by atoms with van der Waals surface area (Å²) in [6.45, 7) is 2.91. The molecule has 6 rings (SSSR count). The Kier molecular flexibility index (Phi) is 5.36. The zero-order valence-electron chi connectivity index (χ0n) is 18.4. The Morgan fingerprint density at radius 1 is 1.00 bits per heavy atom. The Hall–Kier alpha value is -3.26. The third kappa shape index (κ3) is 3.89. The van der Waals surface area contributed by atoms with E-state index in [4.69, 9.17) is 20.4 Å². The number of halogens is 1. The molecule has 1 saturated heterocycles. The number of nitrogens with zero attached hydrogens (tertiary/aromatic N) is 6. The summed E-state index contributed by atoms with van der Waals surface area (Å²) in [7, 11) is -3.80. The minimum absolute atomic E-state index is 0.0485. The lowest BCUT2D eigenvalue weighted by Gasteiger charge is -2.28. The standard InChI is InChI=1S/C22H20FN7O3S2/c23-14-1-3-15(4-2-14)35(31,32)30-11-16-17(12-30)27-19-18(13-9-25-21(24)26-10-13)28-22(34-20(16)19)29-5-7-33-8-6-29/h1-4,9-10H,5-8,11-12H2,(H2,24,25,26). The lowest BCUT2D eigenvalue weighted by atomic mass is 10.1. The molecule has 2 aromatic rings. The number of ether oxygens (including phenoxy) is 1. The monoisotopic (exact) mass is 513 g/mol. The number of hydrogen-bond donors (Lipinski definition) is 1. The highest BCUT2D eigenvalue weighted by atomic mass is 32.2. The zero-order chi connectivity index (χ0) is 24.2. The molecule has 4 aliphatic rings. The normalized spacial score (nSPS) is 16.7. The van der Waals surface area contributed by atoms with Crippen LogP contribution in [0, 0.1) is 5.82 Å². The second-order valence-electron chi connectivity index (χ2n) is 8.22. The van der Waals surface area contributed by atoms with Crippen molar-refractivity contribution in [3.63, 3.8) is 0 Å². The lowest BCUT2D eigenvalue weighted by molar-refractivity contribution is 0.122. The fraction of sp³-hybridized carbons (Fsp3) is 0.273. The highest BCUT2D eigenvalue weighted by Gasteiger charge is 2.37. The SMILES string of the molecule is Nc1ncc(-c2nc(N3CCOCC3)sc3c4c(nc2-3)CN(S(=O)(=O)c2ccc(F)cc2)C4)cn1. The molecule has 180 valence electrons. The summed E-state index contributed by atoms with van der Waals surface area (Å²) in [5.41, 5.74) is 9.20. The third-order valence-electron chi connectivity index (χ3n) is 6.05. The number of nitrogen functional groups attached to an aromatic ring is 1. The van der Waals surface area contributed by atoms with Gasteiger partial charge in [0.2, 0.25) is 16.0 Å². The molecule has 4 aliphatic heterocycles. The highest BCUT2D eigenvalue weighted by Crippen LogP contribution is 2.45. The smallest absolute Gasteiger partial charge is 0.243 e. The summed E-state index contributed by atoms with van der Waals surface area (Å²) < 4.78 is 46.6. The van der Waals surface area contributed by atoms with Gasteiger partial charge in [0.1, 0.15) is 17.2 Å². The topological polar surface area (TPSA) is 127 Å². The Labute approximate surface area is 204 Å². The molecule has 10 nitrogen and oxygen atoms in total. The van der Waals surface area contributed by atoms with E-state index in [0.29, 0.717) is 48.9 Å². The maximum atomic E-state index is 13.3. The van der Waals surface area contributed by atoms with Gasteiger partial charge in [0, 0.05) is 43.2 Å². The summed E-state index contributed by atoms with van der Waals surface area (Å²) >= 11 is 1.49. The molecule has 1 aromatic heterocycles. The molecule has 1 aromatic carbocycles. The van der Waals surface area contributed by atoms with Crippen LogP contribution in [0.3, 0.4) is 0 Å². The van der Waals surface area contributed by atoms with Crippen LogP contribution in [-0.4, -0.2) is 59.0 Å². The summed E-state index contributed by atoms with van der Waals surface area (Å²) in [4.78, 5) is 21.0. The van der Waals surface area contributed by atoms with E-state index in [0.717, 1.165) is 27.7 Å². The van der Waals surface area contributed by atoms with Crippen LogP contribution in [0.2, 0.25) is 0 Å². The van der Waals surface area contributed by atoms with Crippen molar-refractivity contribution < 1.29 is 17.5 Å².